The minimum Gasteiger partial charge on any atom is -0.454 e. The van der Waals surface area contributed by atoms with Gasteiger partial charge in [-0.25, -0.2) is 0 Å². The Morgan fingerprint density at radius 1 is 1.07 bits per heavy atom. The minimum absolute atomic E-state index is 0.0441. The van der Waals surface area contributed by atoms with E-state index in [2.05, 4.69) is 4.90 Å². The number of anilines is 1. The van der Waals surface area contributed by atoms with Crippen molar-refractivity contribution in [3.05, 3.63) is 53.6 Å². The van der Waals surface area contributed by atoms with Gasteiger partial charge < -0.3 is 24.4 Å². The molecular formula is C23H26N2O4. The first-order valence-corrected chi connectivity index (χ1v) is 10.4. The molecule has 0 spiro atoms. The van der Waals surface area contributed by atoms with Crippen LogP contribution in [0.25, 0.3) is 0 Å². The second kappa shape index (κ2) is 7.59. The number of ether oxygens (including phenoxy) is 2. The lowest BCUT2D eigenvalue weighted by Crippen LogP contribution is -2.45. The third-order valence-electron chi connectivity index (χ3n) is 6.22. The number of amides is 1. The lowest BCUT2D eigenvalue weighted by atomic mass is 10.0. The highest BCUT2D eigenvalue weighted by Gasteiger charge is 2.35. The van der Waals surface area contributed by atoms with Gasteiger partial charge in [0.1, 0.15) is 0 Å². The van der Waals surface area contributed by atoms with Gasteiger partial charge in [0.05, 0.1) is 12.1 Å². The molecule has 0 radical (unpaired) electrons. The number of carbonyl (C=O) groups is 1. The fourth-order valence-corrected chi connectivity index (χ4v) is 4.73. The van der Waals surface area contributed by atoms with Crippen molar-refractivity contribution in [2.24, 2.45) is 0 Å². The van der Waals surface area contributed by atoms with Crippen LogP contribution in [0, 0.1) is 0 Å². The van der Waals surface area contributed by atoms with Gasteiger partial charge in [-0.2, -0.15) is 0 Å². The fraction of sp³-hybridized carbons (Fsp3) is 0.435. The summed E-state index contributed by atoms with van der Waals surface area (Å²) in [5, 5.41) is 10.5. The van der Waals surface area contributed by atoms with Crippen LogP contribution in [-0.4, -0.2) is 41.4 Å². The van der Waals surface area contributed by atoms with Crippen molar-refractivity contribution in [3.8, 4) is 11.5 Å². The number of rotatable bonds is 3. The van der Waals surface area contributed by atoms with Gasteiger partial charge in [0.25, 0.3) is 0 Å². The smallest absolute Gasteiger partial charge is 0.231 e. The van der Waals surface area contributed by atoms with Crippen molar-refractivity contribution >= 4 is 11.6 Å². The van der Waals surface area contributed by atoms with Gasteiger partial charge in [0.2, 0.25) is 12.7 Å². The molecule has 1 aliphatic carbocycles. The molecule has 29 heavy (non-hydrogen) atoms. The maximum absolute atomic E-state index is 13.0. The van der Waals surface area contributed by atoms with E-state index in [1.165, 1.54) is 0 Å². The zero-order valence-electron chi connectivity index (χ0n) is 16.4. The lowest BCUT2D eigenvalue weighted by Gasteiger charge is -2.38. The van der Waals surface area contributed by atoms with Gasteiger partial charge in [-0.15, -0.1) is 0 Å². The van der Waals surface area contributed by atoms with Crippen molar-refractivity contribution in [1.29, 1.82) is 0 Å². The molecule has 2 aliphatic heterocycles. The predicted octanol–water partition coefficient (Wildman–Crippen LogP) is 3.07. The van der Waals surface area contributed by atoms with Gasteiger partial charge >= 0.3 is 0 Å². The van der Waals surface area contributed by atoms with Crippen molar-refractivity contribution < 1.29 is 19.4 Å². The molecule has 2 aromatic carbocycles. The summed E-state index contributed by atoms with van der Waals surface area (Å²) >= 11 is 0. The lowest BCUT2D eigenvalue weighted by molar-refractivity contribution is -0.132. The van der Waals surface area contributed by atoms with Gasteiger partial charge in [-0.3, -0.25) is 4.79 Å². The SMILES string of the molecule is O=C1CCN([C@@H]2CCC[C@H]2O)c2cc3c(cc2CN1Cc1ccccc1)OCO3. The predicted molar refractivity (Wildman–Crippen MR) is 109 cm³/mol. The van der Waals surface area contributed by atoms with Gasteiger partial charge in [-0.05, 0) is 36.5 Å². The molecule has 1 N–H and O–H groups in total. The summed E-state index contributed by atoms with van der Waals surface area (Å²) in [6.45, 7) is 1.91. The summed E-state index contributed by atoms with van der Waals surface area (Å²) in [7, 11) is 0. The minimum atomic E-state index is -0.358. The standard InChI is InChI=1S/C23H26N2O4/c26-20-8-4-7-18(20)25-10-9-23(27)24(13-16-5-2-1-3-6-16)14-17-11-21-22(12-19(17)25)29-15-28-21/h1-3,5-6,11-12,18,20,26H,4,7-10,13-15H2/t18-,20-/m1/s1. The van der Waals surface area contributed by atoms with Crippen LogP contribution in [0.4, 0.5) is 5.69 Å². The molecule has 1 saturated carbocycles. The molecule has 6 heteroatoms. The van der Waals surface area contributed by atoms with E-state index in [9.17, 15) is 9.90 Å². The Bertz CT molecular complexity index is 901. The van der Waals surface area contributed by atoms with Crippen molar-refractivity contribution in [2.75, 3.05) is 18.2 Å². The van der Waals surface area contributed by atoms with Crippen LogP contribution < -0.4 is 14.4 Å². The van der Waals surface area contributed by atoms with E-state index in [-0.39, 0.29) is 24.8 Å². The molecule has 1 fully saturated rings. The molecule has 0 unspecified atom stereocenters. The van der Waals surface area contributed by atoms with Crippen LogP contribution in [-0.2, 0) is 17.9 Å². The van der Waals surface area contributed by atoms with Crippen LogP contribution in [0.15, 0.2) is 42.5 Å². The topological polar surface area (TPSA) is 62.2 Å². The Kier molecular flexibility index (Phi) is 4.79. The molecule has 1 amide bonds. The van der Waals surface area contributed by atoms with Crippen LogP contribution in [0.2, 0.25) is 0 Å². The molecule has 0 aromatic heterocycles. The maximum Gasteiger partial charge on any atom is 0.231 e. The third kappa shape index (κ3) is 3.53. The van der Waals surface area contributed by atoms with E-state index in [1.54, 1.807) is 0 Å². The van der Waals surface area contributed by atoms with Gasteiger partial charge in [-0.1, -0.05) is 30.3 Å². The highest BCUT2D eigenvalue weighted by Crippen LogP contribution is 2.42. The normalized spacial score (nSPS) is 23.7. The van der Waals surface area contributed by atoms with Crippen molar-refractivity contribution in [3.63, 3.8) is 0 Å². The monoisotopic (exact) mass is 394 g/mol. The summed E-state index contributed by atoms with van der Waals surface area (Å²) in [4.78, 5) is 17.2. The van der Waals surface area contributed by atoms with Crippen molar-refractivity contribution in [1.82, 2.24) is 4.90 Å². The van der Waals surface area contributed by atoms with Crippen LogP contribution in [0.3, 0.4) is 0 Å². The summed E-state index contributed by atoms with van der Waals surface area (Å²) in [6.07, 6.45) is 2.84. The first-order valence-electron chi connectivity index (χ1n) is 10.4. The molecule has 2 heterocycles. The van der Waals surface area contributed by atoms with E-state index >= 15 is 0 Å². The molecule has 6 nitrogen and oxygen atoms in total. The zero-order valence-corrected chi connectivity index (χ0v) is 16.4. The molecular weight excluding hydrogens is 368 g/mol. The van der Waals surface area contributed by atoms with Gasteiger partial charge in [0, 0.05) is 37.8 Å². The summed E-state index contributed by atoms with van der Waals surface area (Å²) in [5.41, 5.74) is 3.20. The zero-order chi connectivity index (χ0) is 19.8. The molecule has 5 rings (SSSR count). The first-order chi connectivity index (χ1) is 14.2. The Hall–Kier alpha value is -2.73. The largest absolute Gasteiger partial charge is 0.454 e. The number of hydrogen-bond donors (Lipinski definition) is 1. The average molecular weight is 394 g/mol. The average Bonchev–Trinajstić information content (AvgIpc) is 3.36. The van der Waals surface area contributed by atoms with Crippen LogP contribution >= 0.6 is 0 Å². The Balaban J connectivity index is 1.52. The van der Waals surface area contributed by atoms with Crippen LogP contribution in [0.5, 0.6) is 11.5 Å². The van der Waals surface area contributed by atoms with E-state index in [0.29, 0.717) is 26.1 Å². The second-order valence-electron chi connectivity index (χ2n) is 8.08. The Morgan fingerprint density at radius 2 is 1.86 bits per heavy atom. The first kappa shape index (κ1) is 18.3. The van der Waals surface area contributed by atoms with E-state index < -0.39 is 0 Å². The molecule has 2 aromatic rings. The Labute approximate surface area is 170 Å². The number of carbonyl (C=O) groups excluding carboxylic acids is 1. The molecule has 152 valence electrons. The van der Waals surface area contributed by atoms with Crippen LogP contribution in [0.1, 0.15) is 36.8 Å². The Morgan fingerprint density at radius 3 is 2.62 bits per heavy atom. The quantitative estimate of drug-likeness (QED) is 0.867. The summed E-state index contributed by atoms with van der Waals surface area (Å²) in [6, 6.07) is 14.2. The number of benzene rings is 2. The third-order valence-corrected chi connectivity index (χ3v) is 6.22. The highest BCUT2D eigenvalue weighted by atomic mass is 16.7. The van der Waals surface area contributed by atoms with E-state index in [1.807, 2.05) is 47.4 Å². The number of hydrogen-bond acceptors (Lipinski definition) is 5. The number of aliphatic hydroxyl groups is 1. The van der Waals surface area contributed by atoms with Crippen molar-refractivity contribution in [2.45, 2.75) is 50.9 Å². The molecule has 2 atom stereocenters. The molecule has 3 aliphatic rings. The summed E-state index contributed by atoms with van der Waals surface area (Å²) in [5.74, 6) is 1.60. The fourth-order valence-electron chi connectivity index (χ4n) is 4.73. The number of aliphatic hydroxyl groups excluding tert-OH is 1. The highest BCUT2D eigenvalue weighted by molar-refractivity contribution is 5.78. The molecule has 0 bridgehead atoms. The summed E-state index contributed by atoms with van der Waals surface area (Å²) < 4.78 is 11.2. The maximum atomic E-state index is 13.0. The number of nitrogens with zero attached hydrogens (tertiary/aromatic N) is 2. The molecule has 0 saturated heterocycles. The number of fused-ring (bicyclic) bond motifs is 2. The second-order valence-corrected chi connectivity index (χ2v) is 8.08. The van der Waals surface area contributed by atoms with E-state index in [0.717, 1.165) is 47.6 Å². The van der Waals surface area contributed by atoms with Gasteiger partial charge in [0.15, 0.2) is 11.5 Å². The van der Waals surface area contributed by atoms with E-state index in [4.69, 9.17) is 9.47 Å².